The molecule has 2 heterocycles. The number of nitrogens with zero attached hydrogens (tertiary/aromatic N) is 1. The summed E-state index contributed by atoms with van der Waals surface area (Å²) in [6.45, 7) is 9.08. The fraction of sp³-hybridized carbons (Fsp3) is 0.457. The lowest BCUT2D eigenvalue weighted by Crippen LogP contribution is -2.40. The number of ether oxygens (including phenoxy) is 2. The number of anilines is 1. The Balaban J connectivity index is 1.26. The third-order valence-electron chi connectivity index (χ3n) is 9.06. The monoisotopic (exact) mass is 523 g/mol. The number of hydrogen-bond acceptors (Lipinski definition) is 4. The van der Waals surface area contributed by atoms with Crippen LogP contribution in [0.3, 0.4) is 0 Å². The van der Waals surface area contributed by atoms with Gasteiger partial charge in [-0.3, -0.25) is 0 Å². The first kappa shape index (κ1) is 26.1. The number of rotatable bonds is 5. The Morgan fingerprint density at radius 3 is 2.36 bits per heavy atom. The number of carbonyl (C=O) groups is 1. The van der Waals surface area contributed by atoms with Crippen LogP contribution in [0.1, 0.15) is 80.5 Å². The van der Waals surface area contributed by atoms with Crippen molar-refractivity contribution < 1.29 is 14.3 Å². The highest BCUT2D eigenvalue weighted by atomic mass is 16.5. The van der Waals surface area contributed by atoms with Gasteiger partial charge in [0.05, 0.1) is 6.61 Å². The smallest absolute Gasteiger partial charge is 0.148 e. The standard InChI is InChI=1S/C35H41NO3/c1-34(2,3)39-29-14-16-32-27(21-29)11-15-31(25-7-5-4-6-8-25)33(32)26-9-12-28(13-10-26)36-19-17-35(18-20-36)22-30(23-37)38-24-35/h4-10,12-14,16,21,23,30-31,33H,11,15,17-20,22,24H2,1-3H3. The van der Waals surface area contributed by atoms with Gasteiger partial charge in [-0.2, -0.15) is 0 Å². The normalized spacial score (nSPS) is 24.4. The minimum absolute atomic E-state index is 0.187. The van der Waals surface area contributed by atoms with Gasteiger partial charge in [0.15, 0.2) is 0 Å². The van der Waals surface area contributed by atoms with E-state index >= 15 is 0 Å². The van der Waals surface area contributed by atoms with Gasteiger partial charge in [0, 0.05) is 30.1 Å². The topological polar surface area (TPSA) is 38.8 Å². The summed E-state index contributed by atoms with van der Waals surface area (Å²) in [7, 11) is 0. The largest absolute Gasteiger partial charge is 0.488 e. The molecule has 1 aliphatic carbocycles. The van der Waals surface area contributed by atoms with Gasteiger partial charge in [-0.25, -0.2) is 0 Å². The second-order valence-corrected chi connectivity index (χ2v) is 12.9. The highest BCUT2D eigenvalue weighted by molar-refractivity contribution is 5.57. The minimum Gasteiger partial charge on any atom is -0.488 e. The number of aryl methyl sites for hydroxylation is 1. The van der Waals surface area contributed by atoms with Crippen molar-refractivity contribution in [3.05, 3.63) is 95.1 Å². The Morgan fingerprint density at radius 1 is 0.949 bits per heavy atom. The molecule has 204 valence electrons. The fourth-order valence-corrected chi connectivity index (χ4v) is 7.08. The first-order chi connectivity index (χ1) is 18.8. The maximum atomic E-state index is 11.2. The maximum Gasteiger partial charge on any atom is 0.148 e. The summed E-state index contributed by atoms with van der Waals surface area (Å²) >= 11 is 0. The molecule has 3 aromatic carbocycles. The third kappa shape index (κ3) is 5.49. The van der Waals surface area contributed by atoms with Crippen molar-refractivity contribution in [2.75, 3.05) is 24.6 Å². The molecule has 0 amide bonds. The van der Waals surface area contributed by atoms with Crippen LogP contribution in [0.15, 0.2) is 72.8 Å². The van der Waals surface area contributed by atoms with Gasteiger partial charge in [-0.15, -0.1) is 0 Å². The predicted molar refractivity (Wildman–Crippen MR) is 157 cm³/mol. The molecule has 0 N–H and O–H groups in total. The van der Waals surface area contributed by atoms with Crippen LogP contribution in [0.4, 0.5) is 5.69 Å². The van der Waals surface area contributed by atoms with E-state index in [0.717, 1.165) is 63.8 Å². The highest BCUT2D eigenvalue weighted by Crippen LogP contribution is 2.48. The van der Waals surface area contributed by atoms with Crippen LogP contribution in [0.5, 0.6) is 5.75 Å². The fourth-order valence-electron chi connectivity index (χ4n) is 7.08. The van der Waals surface area contributed by atoms with E-state index in [1.165, 1.54) is 27.9 Å². The molecular weight excluding hydrogens is 482 g/mol. The molecule has 4 heteroatoms. The molecule has 0 bridgehead atoms. The van der Waals surface area contributed by atoms with E-state index in [0.29, 0.717) is 11.8 Å². The van der Waals surface area contributed by atoms with Crippen LogP contribution in [0.25, 0.3) is 0 Å². The number of hydrogen-bond donors (Lipinski definition) is 0. The zero-order chi connectivity index (χ0) is 27.0. The van der Waals surface area contributed by atoms with E-state index in [9.17, 15) is 4.79 Å². The molecule has 2 fully saturated rings. The average molecular weight is 524 g/mol. The summed E-state index contributed by atoms with van der Waals surface area (Å²) in [6.07, 6.45) is 6.02. The molecule has 2 saturated heterocycles. The Bertz CT molecular complexity index is 1290. The van der Waals surface area contributed by atoms with Gasteiger partial charge in [0.25, 0.3) is 0 Å². The number of benzene rings is 3. The lowest BCUT2D eigenvalue weighted by Gasteiger charge is -2.40. The molecule has 0 aromatic heterocycles. The first-order valence-electron chi connectivity index (χ1n) is 14.6. The lowest BCUT2D eigenvalue weighted by atomic mass is 9.69. The minimum atomic E-state index is -0.209. The van der Waals surface area contributed by atoms with Crippen molar-refractivity contribution in [2.45, 2.75) is 76.4 Å². The summed E-state index contributed by atoms with van der Waals surface area (Å²) in [5, 5.41) is 0. The van der Waals surface area contributed by atoms with Gasteiger partial charge in [0.1, 0.15) is 23.7 Å². The summed E-state index contributed by atoms with van der Waals surface area (Å²) in [5.74, 6) is 1.72. The molecule has 4 nitrogen and oxygen atoms in total. The van der Waals surface area contributed by atoms with Crippen molar-refractivity contribution >= 4 is 12.0 Å². The molecule has 1 spiro atoms. The van der Waals surface area contributed by atoms with Gasteiger partial charge in [0.2, 0.25) is 0 Å². The lowest BCUT2D eigenvalue weighted by molar-refractivity contribution is -0.115. The Hall–Kier alpha value is -3.11. The van der Waals surface area contributed by atoms with Crippen LogP contribution in [0, 0.1) is 5.41 Å². The zero-order valence-electron chi connectivity index (χ0n) is 23.6. The molecular formula is C35H41NO3. The Morgan fingerprint density at radius 2 is 1.69 bits per heavy atom. The van der Waals surface area contributed by atoms with Gasteiger partial charge in [-0.05, 0) is 105 Å². The van der Waals surface area contributed by atoms with Crippen molar-refractivity contribution in [1.29, 1.82) is 0 Å². The molecule has 3 unspecified atom stereocenters. The number of aldehydes is 1. The van der Waals surface area contributed by atoms with Gasteiger partial charge < -0.3 is 19.2 Å². The van der Waals surface area contributed by atoms with Crippen LogP contribution < -0.4 is 9.64 Å². The second-order valence-electron chi connectivity index (χ2n) is 12.9. The summed E-state index contributed by atoms with van der Waals surface area (Å²) in [5.41, 5.74) is 6.90. The van der Waals surface area contributed by atoms with Crippen LogP contribution >= 0.6 is 0 Å². The van der Waals surface area contributed by atoms with Crippen molar-refractivity contribution in [3.8, 4) is 5.75 Å². The van der Waals surface area contributed by atoms with Crippen LogP contribution in [-0.2, 0) is 16.0 Å². The molecule has 0 radical (unpaired) electrons. The molecule has 3 atom stereocenters. The molecule has 3 aliphatic rings. The zero-order valence-corrected chi connectivity index (χ0v) is 23.6. The van der Waals surface area contributed by atoms with Gasteiger partial charge in [-0.1, -0.05) is 48.5 Å². The van der Waals surface area contributed by atoms with Gasteiger partial charge >= 0.3 is 0 Å². The number of carbonyl (C=O) groups excluding carboxylic acids is 1. The molecule has 6 rings (SSSR count). The second kappa shape index (κ2) is 10.5. The van der Waals surface area contributed by atoms with E-state index < -0.39 is 0 Å². The third-order valence-corrected chi connectivity index (χ3v) is 9.06. The quantitative estimate of drug-likeness (QED) is 0.329. The molecule has 2 aliphatic heterocycles. The van der Waals surface area contributed by atoms with Crippen molar-refractivity contribution in [2.24, 2.45) is 5.41 Å². The number of piperidine rings is 1. The van der Waals surface area contributed by atoms with E-state index in [2.05, 4.69) is 98.5 Å². The number of fused-ring (bicyclic) bond motifs is 1. The summed E-state index contributed by atoms with van der Waals surface area (Å²) in [4.78, 5) is 13.7. The van der Waals surface area contributed by atoms with Crippen molar-refractivity contribution in [3.63, 3.8) is 0 Å². The predicted octanol–water partition coefficient (Wildman–Crippen LogP) is 7.30. The highest BCUT2D eigenvalue weighted by Gasteiger charge is 2.42. The molecule has 0 saturated carbocycles. The molecule has 3 aromatic rings. The summed E-state index contributed by atoms with van der Waals surface area (Å²) in [6, 6.07) is 27.1. The SMILES string of the molecule is CC(C)(C)Oc1ccc2c(c1)CCC(c1ccccc1)C2c1ccc(N2CCC3(CC2)COC(C=O)C3)cc1. The Kier molecular flexibility index (Phi) is 7.01. The van der Waals surface area contributed by atoms with E-state index in [-0.39, 0.29) is 17.1 Å². The van der Waals surface area contributed by atoms with Crippen LogP contribution in [-0.4, -0.2) is 37.7 Å². The van der Waals surface area contributed by atoms with E-state index in [1.54, 1.807) is 0 Å². The first-order valence-corrected chi connectivity index (χ1v) is 14.6. The Labute approximate surface area is 233 Å². The molecule has 39 heavy (non-hydrogen) atoms. The van der Waals surface area contributed by atoms with E-state index in [4.69, 9.17) is 9.47 Å². The van der Waals surface area contributed by atoms with Crippen LogP contribution in [0.2, 0.25) is 0 Å². The van der Waals surface area contributed by atoms with Crippen molar-refractivity contribution in [1.82, 2.24) is 0 Å². The maximum absolute atomic E-state index is 11.2. The average Bonchev–Trinajstić information content (AvgIpc) is 3.35. The van der Waals surface area contributed by atoms with E-state index in [1.807, 2.05) is 0 Å². The summed E-state index contributed by atoms with van der Waals surface area (Å²) < 4.78 is 12.0.